The van der Waals surface area contributed by atoms with Crippen LogP contribution in [0.3, 0.4) is 0 Å². The normalized spacial score (nSPS) is 16.2. The van der Waals surface area contributed by atoms with Gasteiger partial charge in [-0.1, -0.05) is 0 Å². The van der Waals surface area contributed by atoms with Gasteiger partial charge in [0.05, 0.1) is 18.4 Å². The number of anilines is 1. The Kier molecular flexibility index (Phi) is 4.04. The lowest BCUT2D eigenvalue weighted by molar-refractivity contribution is 0.367. The van der Waals surface area contributed by atoms with Crippen LogP contribution in [0.4, 0.5) is 5.69 Å². The van der Waals surface area contributed by atoms with Crippen molar-refractivity contribution in [2.75, 3.05) is 38.6 Å². The molecule has 0 unspecified atom stereocenters. The van der Waals surface area contributed by atoms with Crippen molar-refractivity contribution in [1.82, 2.24) is 14.7 Å². The summed E-state index contributed by atoms with van der Waals surface area (Å²) in [5.74, 6) is 0. The van der Waals surface area contributed by atoms with E-state index < -0.39 is 0 Å². The van der Waals surface area contributed by atoms with Crippen molar-refractivity contribution < 1.29 is 0 Å². The first-order valence-electron chi connectivity index (χ1n) is 5.90. The van der Waals surface area contributed by atoms with E-state index in [1.54, 1.807) is 6.20 Å². The maximum atomic E-state index is 12.1. The molecule has 0 saturated carbocycles. The van der Waals surface area contributed by atoms with E-state index in [0.717, 1.165) is 25.3 Å². The van der Waals surface area contributed by atoms with E-state index >= 15 is 0 Å². The molecule has 0 atom stereocenters. The molecule has 0 aromatic carbocycles. The van der Waals surface area contributed by atoms with E-state index in [1.807, 2.05) is 19.0 Å². The maximum absolute atomic E-state index is 12.1. The van der Waals surface area contributed by atoms with E-state index in [-0.39, 0.29) is 11.6 Å². The molecule has 6 nitrogen and oxygen atoms in total. The number of likely N-dealkylation sites (N-methyl/N-ethyl adjacent to an activating group) is 1. The summed E-state index contributed by atoms with van der Waals surface area (Å²) in [6.07, 6.45) is 1.73. The molecule has 1 aliphatic heterocycles. The van der Waals surface area contributed by atoms with Gasteiger partial charge in [0.2, 0.25) is 0 Å². The summed E-state index contributed by atoms with van der Waals surface area (Å²) in [5.41, 5.74) is 6.49. The second kappa shape index (κ2) is 5.38. The lowest BCUT2D eigenvalue weighted by Crippen LogP contribution is -2.56. The van der Waals surface area contributed by atoms with Crippen molar-refractivity contribution in [2.24, 2.45) is 5.73 Å². The smallest absolute Gasteiger partial charge is 0.283 e. The Morgan fingerprint density at radius 3 is 2.78 bits per heavy atom. The molecule has 1 saturated heterocycles. The van der Waals surface area contributed by atoms with E-state index in [9.17, 15) is 4.79 Å². The van der Waals surface area contributed by atoms with Crippen molar-refractivity contribution >= 4 is 21.6 Å². The van der Waals surface area contributed by atoms with Crippen molar-refractivity contribution in [3.8, 4) is 0 Å². The van der Waals surface area contributed by atoms with Gasteiger partial charge in [0.1, 0.15) is 4.47 Å². The summed E-state index contributed by atoms with van der Waals surface area (Å²) < 4.78 is 2.05. The van der Waals surface area contributed by atoms with Gasteiger partial charge < -0.3 is 15.5 Å². The van der Waals surface area contributed by atoms with E-state index in [0.29, 0.717) is 11.0 Å². The van der Waals surface area contributed by atoms with Crippen LogP contribution >= 0.6 is 15.9 Å². The van der Waals surface area contributed by atoms with Gasteiger partial charge in [-0.2, -0.15) is 5.10 Å². The van der Waals surface area contributed by atoms with Gasteiger partial charge in [0, 0.05) is 25.7 Å². The molecule has 1 aliphatic rings. The number of hydrogen-bond donors (Lipinski definition) is 1. The van der Waals surface area contributed by atoms with Crippen LogP contribution < -0.4 is 16.2 Å². The molecule has 1 aromatic heterocycles. The topological polar surface area (TPSA) is 67.4 Å². The van der Waals surface area contributed by atoms with Gasteiger partial charge in [-0.3, -0.25) is 4.79 Å². The SMILES string of the molecule is CN(C)CCn1ncc(N2CC(N)C2)c(Br)c1=O. The van der Waals surface area contributed by atoms with Crippen LogP contribution in [0.1, 0.15) is 0 Å². The van der Waals surface area contributed by atoms with Crippen LogP contribution in [0.25, 0.3) is 0 Å². The maximum Gasteiger partial charge on any atom is 0.283 e. The summed E-state index contributed by atoms with van der Waals surface area (Å²) in [4.78, 5) is 16.2. The zero-order valence-electron chi connectivity index (χ0n) is 10.6. The quantitative estimate of drug-likeness (QED) is 0.827. The van der Waals surface area contributed by atoms with Crippen LogP contribution in [0, 0.1) is 0 Å². The standard InChI is InChI=1S/C11H18BrN5O/c1-15(2)3-4-17-11(18)10(12)9(5-14-17)16-6-8(13)7-16/h5,8H,3-4,6-7,13H2,1-2H3. The Bertz CT molecular complexity index is 481. The third-order valence-corrected chi connectivity index (χ3v) is 3.72. The van der Waals surface area contributed by atoms with E-state index in [4.69, 9.17) is 5.73 Å². The third kappa shape index (κ3) is 2.73. The fourth-order valence-electron chi connectivity index (χ4n) is 1.84. The Morgan fingerprint density at radius 2 is 2.22 bits per heavy atom. The van der Waals surface area contributed by atoms with Crippen molar-refractivity contribution in [3.05, 3.63) is 21.0 Å². The molecule has 2 heterocycles. The minimum atomic E-state index is -0.0881. The molecule has 100 valence electrons. The zero-order valence-corrected chi connectivity index (χ0v) is 12.2. The van der Waals surface area contributed by atoms with Crippen molar-refractivity contribution in [2.45, 2.75) is 12.6 Å². The van der Waals surface area contributed by atoms with E-state index in [2.05, 4.69) is 25.9 Å². The van der Waals surface area contributed by atoms with Crippen LogP contribution in [0.2, 0.25) is 0 Å². The summed E-state index contributed by atoms with van der Waals surface area (Å²) >= 11 is 3.36. The fourth-order valence-corrected chi connectivity index (χ4v) is 2.40. The lowest BCUT2D eigenvalue weighted by atomic mass is 10.1. The van der Waals surface area contributed by atoms with Crippen molar-refractivity contribution in [1.29, 1.82) is 0 Å². The second-order valence-corrected chi connectivity index (χ2v) is 5.63. The molecule has 1 fully saturated rings. The monoisotopic (exact) mass is 315 g/mol. The third-order valence-electron chi connectivity index (χ3n) is 2.98. The zero-order chi connectivity index (χ0) is 13.3. The highest BCUT2D eigenvalue weighted by molar-refractivity contribution is 9.10. The highest BCUT2D eigenvalue weighted by Gasteiger charge is 2.26. The first-order valence-corrected chi connectivity index (χ1v) is 6.69. The van der Waals surface area contributed by atoms with Crippen LogP contribution in [-0.2, 0) is 6.54 Å². The van der Waals surface area contributed by atoms with Gasteiger partial charge in [0.15, 0.2) is 0 Å². The first kappa shape index (κ1) is 13.5. The average Bonchev–Trinajstić information content (AvgIpc) is 2.27. The molecule has 2 N–H and O–H groups in total. The largest absolute Gasteiger partial charge is 0.366 e. The average molecular weight is 316 g/mol. The summed E-state index contributed by atoms with van der Waals surface area (Å²) in [7, 11) is 3.94. The predicted molar refractivity (Wildman–Crippen MR) is 74.9 cm³/mol. The molecule has 0 spiro atoms. The number of hydrogen-bond acceptors (Lipinski definition) is 5. The van der Waals surface area contributed by atoms with Gasteiger partial charge in [-0.05, 0) is 30.0 Å². The van der Waals surface area contributed by atoms with Crippen LogP contribution in [0.15, 0.2) is 15.5 Å². The van der Waals surface area contributed by atoms with Crippen LogP contribution in [0.5, 0.6) is 0 Å². The molecular weight excluding hydrogens is 298 g/mol. The van der Waals surface area contributed by atoms with Gasteiger partial charge in [0.25, 0.3) is 5.56 Å². The Labute approximate surface area is 114 Å². The molecule has 7 heteroatoms. The number of rotatable bonds is 4. The summed E-state index contributed by atoms with van der Waals surface area (Å²) in [6, 6.07) is 0.202. The highest BCUT2D eigenvalue weighted by Crippen LogP contribution is 2.25. The first-order chi connectivity index (χ1) is 8.49. The molecule has 0 aliphatic carbocycles. The van der Waals surface area contributed by atoms with Gasteiger partial charge in [-0.25, -0.2) is 4.68 Å². The molecule has 0 amide bonds. The Morgan fingerprint density at radius 1 is 1.56 bits per heavy atom. The van der Waals surface area contributed by atoms with Crippen LogP contribution in [-0.4, -0.2) is 54.5 Å². The van der Waals surface area contributed by atoms with E-state index in [1.165, 1.54) is 4.68 Å². The molecule has 18 heavy (non-hydrogen) atoms. The molecule has 0 bridgehead atoms. The molecule has 1 aromatic rings. The molecule has 0 radical (unpaired) electrons. The lowest BCUT2D eigenvalue weighted by Gasteiger charge is -2.38. The number of nitrogens with two attached hydrogens (primary N) is 1. The van der Waals surface area contributed by atoms with Gasteiger partial charge in [-0.15, -0.1) is 0 Å². The van der Waals surface area contributed by atoms with Crippen molar-refractivity contribution in [3.63, 3.8) is 0 Å². The second-order valence-electron chi connectivity index (χ2n) is 4.84. The Balaban J connectivity index is 2.17. The summed E-state index contributed by atoms with van der Waals surface area (Å²) in [6.45, 7) is 2.93. The molecular formula is C11H18BrN5O. The minimum Gasteiger partial charge on any atom is -0.366 e. The number of aromatic nitrogens is 2. The predicted octanol–water partition coefficient (Wildman–Crippen LogP) is -0.285. The minimum absolute atomic E-state index is 0.0881. The van der Waals surface area contributed by atoms with Gasteiger partial charge >= 0.3 is 0 Å². The summed E-state index contributed by atoms with van der Waals surface area (Å²) in [5, 5.41) is 4.20. The number of nitrogens with zero attached hydrogens (tertiary/aromatic N) is 4. The number of halogens is 1. The Hall–Kier alpha value is -0.920. The molecule has 2 rings (SSSR count). The highest BCUT2D eigenvalue weighted by atomic mass is 79.9. The fraction of sp³-hybridized carbons (Fsp3) is 0.636.